The van der Waals surface area contributed by atoms with Gasteiger partial charge in [0.25, 0.3) is 5.91 Å². The Morgan fingerprint density at radius 2 is 2.06 bits per heavy atom. The molecule has 1 N–H and O–H groups in total. The Morgan fingerprint density at radius 1 is 1.41 bits per heavy atom. The van der Waals surface area contributed by atoms with Gasteiger partial charge in [0.2, 0.25) is 0 Å². The van der Waals surface area contributed by atoms with Crippen LogP contribution in [0, 0.1) is 5.92 Å². The van der Waals surface area contributed by atoms with Gasteiger partial charge in [0.15, 0.2) is 0 Å². The molecule has 0 aliphatic heterocycles. The molecule has 0 saturated carbocycles. The van der Waals surface area contributed by atoms with Crippen molar-refractivity contribution in [2.75, 3.05) is 6.54 Å². The van der Waals surface area contributed by atoms with Crippen LogP contribution in [0.2, 0.25) is 10.0 Å². The highest BCUT2D eigenvalue weighted by molar-refractivity contribution is 9.09. The molecule has 94 valence electrons. The maximum atomic E-state index is 11.9. The first-order chi connectivity index (χ1) is 7.93. The number of halogens is 3. The lowest BCUT2D eigenvalue weighted by Crippen LogP contribution is -2.31. The molecule has 0 bridgehead atoms. The van der Waals surface area contributed by atoms with E-state index in [0.29, 0.717) is 28.1 Å². The Morgan fingerprint density at radius 3 is 2.65 bits per heavy atom. The van der Waals surface area contributed by atoms with Crippen molar-refractivity contribution >= 4 is 45.0 Å². The van der Waals surface area contributed by atoms with Crippen LogP contribution in [-0.4, -0.2) is 17.3 Å². The number of carbonyl (C=O) groups excluding carboxylic acids is 1. The normalized spacial score (nSPS) is 12.6. The van der Waals surface area contributed by atoms with Crippen LogP contribution in [0.5, 0.6) is 0 Å². The zero-order valence-corrected chi connectivity index (χ0v) is 12.7. The van der Waals surface area contributed by atoms with Crippen molar-refractivity contribution in [3.05, 3.63) is 33.8 Å². The fraction of sp³-hybridized carbons (Fsp3) is 0.417. The van der Waals surface area contributed by atoms with Crippen molar-refractivity contribution < 1.29 is 4.79 Å². The van der Waals surface area contributed by atoms with Gasteiger partial charge in [-0.15, -0.1) is 0 Å². The SMILES string of the molecule is CC(C)C(Br)CNC(=O)c1cccc(Cl)c1Cl. The van der Waals surface area contributed by atoms with Gasteiger partial charge in [-0.3, -0.25) is 4.79 Å². The molecule has 0 heterocycles. The van der Waals surface area contributed by atoms with Gasteiger partial charge in [0, 0.05) is 11.4 Å². The van der Waals surface area contributed by atoms with Crippen molar-refractivity contribution in [3.63, 3.8) is 0 Å². The number of carbonyl (C=O) groups is 1. The van der Waals surface area contributed by atoms with Crippen LogP contribution in [0.3, 0.4) is 0 Å². The molecule has 0 fully saturated rings. The Bertz CT molecular complexity index is 409. The second-order valence-electron chi connectivity index (χ2n) is 4.07. The summed E-state index contributed by atoms with van der Waals surface area (Å²) in [7, 11) is 0. The topological polar surface area (TPSA) is 29.1 Å². The molecule has 0 aromatic heterocycles. The lowest BCUT2D eigenvalue weighted by molar-refractivity contribution is 0.0953. The van der Waals surface area contributed by atoms with E-state index in [0.717, 1.165) is 0 Å². The van der Waals surface area contributed by atoms with Crippen molar-refractivity contribution in [2.45, 2.75) is 18.7 Å². The molecular formula is C12H14BrCl2NO. The predicted octanol–water partition coefficient (Wildman–Crippen LogP) is 4.14. The summed E-state index contributed by atoms with van der Waals surface area (Å²) >= 11 is 15.3. The van der Waals surface area contributed by atoms with Crippen LogP contribution in [0.15, 0.2) is 18.2 Å². The maximum Gasteiger partial charge on any atom is 0.252 e. The Balaban J connectivity index is 2.68. The van der Waals surface area contributed by atoms with Gasteiger partial charge in [-0.05, 0) is 18.1 Å². The lowest BCUT2D eigenvalue weighted by Gasteiger charge is -2.14. The predicted molar refractivity (Wildman–Crippen MR) is 76.3 cm³/mol. The fourth-order valence-corrected chi connectivity index (χ4v) is 1.75. The standard InChI is InChI=1S/C12H14BrCl2NO/c1-7(2)9(13)6-16-12(17)8-4-3-5-10(14)11(8)15/h3-5,7,9H,6H2,1-2H3,(H,16,17). The molecule has 0 saturated heterocycles. The first kappa shape index (κ1) is 14.8. The highest BCUT2D eigenvalue weighted by atomic mass is 79.9. The van der Waals surface area contributed by atoms with Gasteiger partial charge < -0.3 is 5.32 Å². The highest BCUT2D eigenvalue weighted by Gasteiger charge is 2.15. The molecule has 1 aromatic carbocycles. The summed E-state index contributed by atoms with van der Waals surface area (Å²) in [5.74, 6) is 0.243. The quantitative estimate of drug-likeness (QED) is 0.821. The molecule has 1 unspecified atom stereocenters. The van der Waals surface area contributed by atoms with Gasteiger partial charge >= 0.3 is 0 Å². The van der Waals surface area contributed by atoms with E-state index < -0.39 is 0 Å². The third-order valence-corrected chi connectivity index (χ3v) is 4.58. The molecule has 5 heteroatoms. The second kappa shape index (κ2) is 6.62. The van der Waals surface area contributed by atoms with Crippen LogP contribution in [-0.2, 0) is 0 Å². The van der Waals surface area contributed by atoms with Gasteiger partial charge in [-0.1, -0.05) is 59.0 Å². The molecule has 0 aliphatic carbocycles. The van der Waals surface area contributed by atoms with Crippen LogP contribution >= 0.6 is 39.1 Å². The molecule has 0 aliphatic rings. The van der Waals surface area contributed by atoms with E-state index >= 15 is 0 Å². The molecular weight excluding hydrogens is 325 g/mol. The second-order valence-corrected chi connectivity index (χ2v) is 6.03. The molecule has 0 radical (unpaired) electrons. The Hall–Kier alpha value is -0.250. The maximum absolute atomic E-state index is 11.9. The van der Waals surface area contributed by atoms with Gasteiger partial charge in [0.05, 0.1) is 15.6 Å². The third kappa shape index (κ3) is 4.16. The summed E-state index contributed by atoms with van der Waals surface area (Å²) < 4.78 is 0. The largest absolute Gasteiger partial charge is 0.351 e. The van der Waals surface area contributed by atoms with E-state index in [1.807, 2.05) is 0 Å². The lowest BCUT2D eigenvalue weighted by atomic mass is 10.1. The molecule has 17 heavy (non-hydrogen) atoms. The minimum absolute atomic E-state index is 0.206. The van der Waals surface area contributed by atoms with Crippen LogP contribution in [0.1, 0.15) is 24.2 Å². The summed E-state index contributed by atoms with van der Waals surface area (Å²) in [5, 5.41) is 3.50. The number of alkyl halides is 1. The summed E-state index contributed by atoms with van der Waals surface area (Å²) in [4.78, 5) is 12.1. The summed E-state index contributed by atoms with van der Waals surface area (Å²) in [5.41, 5.74) is 0.405. The van der Waals surface area contributed by atoms with Crippen molar-refractivity contribution in [1.29, 1.82) is 0 Å². The van der Waals surface area contributed by atoms with E-state index in [4.69, 9.17) is 23.2 Å². The minimum Gasteiger partial charge on any atom is -0.351 e. The van der Waals surface area contributed by atoms with E-state index in [2.05, 4.69) is 35.1 Å². The van der Waals surface area contributed by atoms with Crippen molar-refractivity contribution in [1.82, 2.24) is 5.32 Å². The summed E-state index contributed by atoms with van der Waals surface area (Å²) in [6, 6.07) is 5.02. The van der Waals surface area contributed by atoms with Gasteiger partial charge in [0.1, 0.15) is 0 Å². The average molecular weight is 339 g/mol. The van der Waals surface area contributed by atoms with Gasteiger partial charge in [-0.25, -0.2) is 0 Å². The number of hydrogen-bond acceptors (Lipinski definition) is 1. The molecule has 1 aromatic rings. The monoisotopic (exact) mass is 337 g/mol. The Kier molecular flexibility index (Phi) is 5.77. The summed E-state index contributed by atoms with van der Waals surface area (Å²) in [6.07, 6.45) is 0. The minimum atomic E-state index is -0.206. The fourth-order valence-electron chi connectivity index (χ4n) is 1.20. The zero-order chi connectivity index (χ0) is 13.0. The number of rotatable bonds is 4. The molecule has 1 amide bonds. The number of amides is 1. The van der Waals surface area contributed by atoms with Crippen LogP contribution in [0.25, 0.3) is 0 Å². The number of benzene rings is 1. The molecule has 2 nitrogen and oxygen atoms in total. The summed E-state index contributed by atoms with van der Waals surface area (Å²) in [6.45, 7) is 4.72. The first-order valence-electron chi connectivity index (χ1n) is 5.29. The van der Waals surface area contributed by atoms with Crippen LogP contribution < -0.4 is 5.32 Å². The smallest absolute Gasteiger partial charge is 0.252 e. The number of nitrogens with one attached hydrogen (secondary N) is 1. The van der Waals surface area contributed by atoms with Crippen molar-refractivity contribution in [3.8, 4) is 0 Å². The first-order valence-corrected chi connectivity index (χ1v) is 6.97. The van der Waals surface area contributed by atoms with E-state index in [-0.39, 0.29) is 10.7 Å². The zero-order valence-electron chi connectivity index (χ0n) is 9.64. The van der Waals surface area contributed by atoms with E-state index in [1.54, 1.807) is 18.2 Å². The average Bonchev–Trinajstić information content (AvgIpc) is 2.29. The van der Waals surface area contributed by atoms with Gasteiger partial charge in [-0.2, -0.15) is 0 Å². The molecule has 0 spiro atoms. The third-order valence-electron chi connectivity index (χ3n) is 2.38. The highest BCUT2D eigenvalue weighted by Crippen LogP contribution is 2.25. The Labute approximate surface area is 120 Å². The molecule has 1 rings (SSSR count). The van der Waals surface area contributed by atoms with E-state index in [1.165, 1.54) is 0 Å². The van der Waals surface area contributed by atoms with Crippen LogP contribution in [0.4, 0.5) is 0 Å². The van der Waals surface area contributed by atoms with Crippen molar-refractivity contribution in [2.24, 2.45) is 5.92 Å². The number of hydrogen-bond donors (Lipinski definition) is 1. The van der Waals surface area contributed by atoms with E-state index in [9.17, 15) is 4.79 Å². The molecule has 1 atom stereocenters.